The van der Waals surface area contributed by atoms with Gasteiger partial charge in [0.05, 0.1) is 6.04 Å². The number of nitrogens with two attached hydrogens (primary N) is 2. The Morgan fingerprint density at radius 2 is 1.75 bits per heavy atom. The van der Waals surface area contributed by atoms with Gasteiger partial charge in [0.2, 0.25) is 0 Å². The fourth-order valence-electron chi connectivity index (χ4n) is 1.66. The van der Waals surface area contributed by atoms with Crippen LogP contribution in [-0.4, -0.2) is 30.6 Å². The summed E-state index contributed by atoms with van der Waals surface area (Å²) < 4.78 is 0. The van der Waals surface area contributed by atoms with Crippen molar-refractivity contribution in [2.45, 2.75) is 12.1 Å². The lowest BCUT2D eigenvalue weighted by Gasteiger charge is -2.17. The second kappa shape index (κ2) is 13.4. The van der Waals surface area contributed by atoms with Crippen molar-refractivity contribution in [3.05, 3.63) is 46.0 Å². The molecule has 20 heavy (non-hydrogen) atoms. The van der Waals surface area contributed by atoms with Crippen molar-refractivity contribution in [2.24, 2.45) is 11.5 Å². The van der Waals surface area contributed by atoms with E-state index in [4.69, 9.17) is 11.5 Å². The zero-order valence-electron chi connectivity index (χ0n) is 10.8. The Morgan fingerprint density at radius 1 is 1.20 bits per heavy atom. The molecule has 2 atom stereocenters. The summed E-state index contributed by atoms with van der Waals surface area (Å²) in [5.41, 5.74) is 11.8. The van der Waals surface area contributed by atoms with Gasteiger partial charge in [-0.3, -0.25) is 10.1 Å². The van der Waals surface area contributed by atoms with Crippen LogP contribution in [0.2, 0.25) is 0 Å². The van der Waals surface area contributed by atoms with Crippen LogP contribution in [0.4, 0.5) is 0 Å². The lowest BCUT2D eigenvalue weighted by atomic mass is 10.0. The van der Waals surface area contributed by atoms with Gasteiger partial charge in [0, 0.05) is 30.1 Å². The molecular weight excluding hydrogens is 327 g/mol. The first kappa shape index (κ1) is 24.4. The highest BCUT2D eigenvalue weighted by Gasteiger charge is 2.29. The molecular formula is C11H21Cl3N4O2. The van der Waals surface area contributed by atoms with E-state index in [0.29, 0.717) is 25.2 Å². The molecule has 9 heteroatoms. The van der Waals surface area contributed by atoms with E-state index in [1.54, 1.807) is 24.3 Å². The molecule has 0 aliphatic heterocycles. The van der Waals surface area contributed by atoms with E-state index in [0.717, 1.165) is 0 Å². The van der Waals surface area contributed by atoms with Gasteiger partial charge < -0.3 is 16.8 Å². The summed E-state index contributed by atoms with van der Waals surface area (Å²) in [5.74, 6) is 0. The molecule has 118 valence electrons. The van der Waals surface area contributed by atoms with Crippen LogP contribution in [-0.2, 0) is 0 Å². The van der Waals surface area contributed by atoms with Crippen molar-refractivity contribution in [1.29, 1.82) is 0 Å². The molecule has 0 bridgehead atoms. The van der Waals surface area contributed by atoms with Gasteiger partial charge in [-0.15, -0.1) is 37.2 Å². The standard InChI is InChI=1S/C11H18N4O2.3ClH/c12-6-7-14-8-10(13)11(15(16)17)9-4-2-1-3-5-9;;;/h1-5,10-11,14H,6-8,12-13H2;3*1H. The minimum Gasteiger partial charge on any atom is -0.329 e. The van der Waals surface area contributed by atoms with Crippen LogP contribution in [0.3, 0.4) is 0 Å². The minimum absolute atomic E-state index is 0. The van der Waals surface area contributed by atoms with E-state index in [1.807, 2.05) is 6.07 Å². The predicted molar refractivity (Wildman–Crippen MR) is 87.8 cm³/mol. The van der Waals surface area contributed by atoms with Gasteiger partial charge in [-0.2, -0.15) is 0 Å². The van der Waals surface area contributed by atoms with Crippen LogP contribution in [0.1, 0.15) is 11.6 Å². The highest BCUT2D eigenvalue weighted by Crippen LogP contribution is 2.18. The maximum absolute atomic E-state index is 11.0. The average molecular weight is 348 g/mol. The topological polar surface area (TPSA) is 107 Å². The molecule has 0 spiro atoms. The van der Waals surface area contributed by atoms with Gasteiger partial charge in [0.1, 0.15) is 0 Å². The monoisotopic (exact) mass is 346 g/mol. The Kier molecular flexibility index (Phi) is 16.3. The maximum Gasteiger partial charge on any atom is 0.254 e. The third-order valence-corrected chi connectivity index (χ3v) is 2.47. The van der Waals surface area contributed by atoms with Gasteiger partial charge in [0.15, 0.2) is 0 Å². The summed E-state index contributed by atoms with van der Waals surface area (Å²) in [6.45, 7) is 1.46. The minimum atomic E-state index is -0.888. The zero-order valence-corrected chi connectivity index (χ0v) is 13.3. The van der Waals surface area contributed by atoms with Crippen LogP contribution in [0.15, 0.2) is 30.3 Å². The van der Waals surface area contributed by atoms with Crippen molar-refractivity contribution in [1.82, 2.24) is 5.32 Å². The van der Waals surface area contributed by atoms with Crippen LogP contribution in [0.5, 0.6) is 0 Å². The van der Waals surface area contributed by atoms with E-state index < -0.39 is 12.1 Å². The molecule has 0 fully saturated rings. The Hall–Kier alpha value is -0.630. The molecule has 1 aromatic rings. The quantitative estimate of drug-likeness (QED) is 0.389. The number of nitrogens with one attached hydrogen (secondary N) is 1. The highest BCUT2D eigenvalue weighted by atomic mass is 35.5. The molecule has 1 aromatic carbocycles. The predicted octanol–water partition coefficient (Wildman–Crippen LogP) is 1.15. The third kappa shape index (κ3) is 7.84. The molecule has 0 saturated heterocycles. The summed E-state index contributed by atoms with van der Waals surface area (Å²) in [4.78, 5) is 10.7. The molecule has 1 rings (SSSR count). The fourth-order valence-corrected chi connectivity index (χ4v) is 1.66. The Balaban J connectivity index is -0.000000963. The summed E-state index contributed by atoms with van der Waals surface area (Å²) >= 11 is 0. The van der Waals surface area contributed by atoms with Gasteiger partial charge in [-0.05, 0) is 0 Å². The molecule has 5 N–H and O–H groups in total. The number of hydrogen-bond donors (Lipinski definition) is 3. The van der Waals surface area contributed by atoms with Gasteiger partial charge in [-0.25, -0.2) is 0 Å². The smallest absolute Gasteiger partial charge is 0.254 e. The van der Waals surface area contributed by atoms with Crippen molar-refractivity contribution in [2.75, 3.05) is 19.6 Å². The summed E-state index contributed by atoms with van der Waals surface area (Å²) in [6.07, 6.45) is 0. The summed E-state index contributed by atoms with van der Waals surface area (Å²) in [6, 6.07) is 7.34. The van der Waals surface area contributed by atoms with Crippen molar-refractivity contribution in [3.63, 3.8) is 0 Å². The number of nitrogens with zero attached hydrogens (tertiary/aromatic N) is 1. The summed E-state index contributed by atoms with van der Waals surface area (Å²) in [7, 11) is 0. The molecule has 0 saturated carbocycles. The van der Waals surface area contributed by atoms with Crippen molar-refractivity contribution < 1.29 is 4.92 Å². The van der Waals surface area contributed by atoms with E-state index in [2.05, 4.69) is 5.32 Å². The van der Waals surface area contributed by atoms with Gasteiger partial charge in [-0.1, -0.05) is 30.3 Å². The molecule has 0 heterocycles. The molecule has 0 aliphatic carbocycles. The second-order valence-corrected chi connectivity index (χ2v) is 3.80. The average Bonchev–Trinajstić information content (AvgIpc) is 2.30. The zero-order chi connectivity index (χ0) is 12.7. The Labute approximate surface area is 137 Å². The molecule has 6 nitrogen and oxygen atoms in total. The van der Waals surface area contributed by atoms with Gasteiger partial charge in [0.25, 0.3) is 6.04 Å². The van der Waals surface area contributed by atoms with Crippen molar-refractivity contribution >= 4 is 37.2 Å². The Bertz CT molecular complexity index is 357. The van der Waals surface area contributed by atoms with Crippen LogP contribution in [0.25, 0.3) is 0 Å². The van der Waals surface area contributed by atoms with E-state index in [1.165, 1.54) is 0 Å². The number of benzene rings is 1. The number of halogens is 3. The largest absolute Gasteiger partial charge is 0.329 e. The molecule has 0 radical (unpaired) electrons. The lowest BCUT2D eigenvalue weighted by molar-refractivity contribution is -0.532. The first-order valence-electron chi connectivity index (χ1n) is 5.51. The number of rotatable bonds is 7. The molecule has 0 aliphatic rings. The van der Waals surface area contributed by atoms with Crippen LogP contribution < -0.4 is 16.8 Å². The Morgan fingerprint density at radius 3 is 2.20 bits per heavy atom. The maximum atomic E-state index is 11.0. The first-order chi connectivity index (χ1) is 8.16. The molecule has 0 amide bonds. The second-order valence-electron chi connectivity index (χ2n) is 3.80. The van der Waals surface area contributed by atoms with Crippen LogP contribution in [0, 0.1) is 10.1 Å². The van der Waals surface area contributed by atoms with E-state index >= 15 is 0 Å². The first-order valence-corrected chi connectivity index (χ1v) is 5.51. The van der Waals surface area contributed by atoms with Crippen molar-refractivity contribution in [3.8, 4) is 0 Å². The van der Waals surface area contributed by atoms with E-state index in [-0.39, 0.29) is 42.1 Å². The lowest BCUT2D eigenvalue weighted by Crippen LogP contribution is -2.42. The number of hydrogen-bond acceptors (Lipinski definition) is 5. The normalized spacial score (nSPS) is 12.1. The fraction of sp³-hybridized carbons (Fsp3) is 0.455. The van der Waals surface area contributed by atoms with E-state index in [9.17, 15) is 10.1 Å². The summed E-state index contributed by atoms with van der Waals surface area (Å²) in [5, 5.41) is 14.0. The molecule has 0 aromatic heterocycles. The van der Waals surface area contributed by atoms with Gasteiger partial charge >= 0.3 is 0 Å². The van der Waals surface area contributed by atoms with Crippen LogP contribution >= 0.6 is 37.2 Å². The number of nitro groups is 1. The molecule has 2 unspecified atom stereocenters. The third-order valence-electron chi connectivity index (χ3n) is 2.47. The SMILES string of the molecule is Cl.Cl.Cl.NCCNCC(N)C(c1ccccc1)[N+](=O)[O-]. The highest BCUT2D eigenvalue weighted by molar-refractivity contribution is 5.86.